The Morgan fingerprint density at radius 1 is 1.23 bits per heavy atom. The van der Waals surface area contributed by atoms with Gasteiger partial charge in [0.15, 0.2) is 11.4 Å². The minimum Gasteiger partial charge on any atom is -0.340 e. The van der Waals surface area contributed by atoms with Crippen molar-refractivity contribution in [2.75, 3.05) is 0 Å². The molecule has 0 N–H and O–H groups in total. The summed E-state index contributed by atoms with van der Waals surface area (Å²) in [7, 11) is 3.66. The summed E-state index contributed by atoms with van der Waals surface area (Å²) in [5, 5.41) is 0. The van der Waals surface area contributed by atoms with Crippen molar-refractivity contribution in [3.05, 3.63) is 52.6 Å². The number of pyridine rings is 1. The summed E-state index contributed by atoms with van der Waals surface area (Å²) in [6.45, 7) is 7.03. The molecule has 0 aliphatic heterocycles. The Bertz CT molecular complexity index is 1220. The summed E-state index contributed by atoms with van der Waals surface area (Å²) in [6, 6.07) is 4.04. The molecule has 1 aliphatic rings. The molecular formula is C24H31N5O2. The Labute approximate surface area is 182 Å². The molecule has 0 aromatic carbocycles. The molecule has 3 aromatic heterocycles. The molecule has 0 saturated heterocycles. The van der Waals surface area contributed by atoms with E-state index in [2.05, 4.69) is 31.8 Å². The van der Waals surface area contributed by atoms with Gasteiger partial charge in [-0.3, -0.25) is 13.9 Å². The third-order valence-corrected chi connectivity index (χ3v) is 5.93. The average molecular weight is 422 g/mol. The molecule has 7 heteroatoms. The van der Waals surface area contributed by atoms with Crippen LogP contribution in [0, 0.1) is 11.3 Å². The monoisotopic (exact) mass is 421 g/mol. The Morgan fingerprint density at radius 3 is 2.61 bits per heavy atom. The first-order chi connectivity index (χ1) is 14.6. The zero-order valence-corrected chi connectivity index (χ0v) is 19.1. The number of ketones is 1. The van der Waals surface area contributed by atoms with Crippen molar-refractivity contribution < 1.29 is 4.79 Å². The van der Waals surface area contributed by atoms with E-state index in [1.165, 1.54) is 5.57 Å². The van der Waals surface area contributed by atoms with E-state index in [0.717, 1.165) is 36.1 Å². The van der Waals surface area contributed by atoms with Crippen molar-refractivity contribution in [1.82, 2.24) is 23.7 Å². The lowest BCUT2D eigenvalue weighted by atomic mass is 9.85. The van der Waals surface area contributed by atoms with Crippen molar-refractivity contribution in [3.63, 3.8) is 0 Å². The van der Waals surface area contributed by atoms with Gasteiger partial charge in [-0.15, -0.1) is 0 Å². The van der Waals surface area contributed by atoms with Crippen LogP contribution in [-0.4, -0.2) is 29.5 Å². The van der Waals surface area contributed by atoms with E-state index in [0.29, 0.717) is 24.6 Å². The van der Waals surface area contributed by atoms with Gasteiger partial charge in [0.1, 0.15) is 5.69 Å². The number of hydrogen-bond acceptors (Lipinski definition) is 4. The summed E-state index contributed by atoms with van der Waals surface area (Å²) in [5.74, 6) is 0.441. The number of carbonyl (C=O) groups is 1. The number of rotatable bonds is 5. The van der Waals surface area contributed by atoms with E-state index >= 15 is 0 Å². The van der Waals surface area contributed by atoms with Crippen molar-refractivity contribution >= 4 is 22.5 Å². The third-order valence-electron chi connectivity index (χ3n) is 5.93. The van der Waals surface area contributed by atoms with Gasteiger partial charge in [0.2, 0.25) is 0 Å². The molecule has 3 aromatic rings. The quantitative estimate of drug-likeness (QED) is 0.584. The maximum Gasteiger partial charge on any atom is 0.330 e. The van der Waals surface area contributed by atoms with Gasteiger partial charge in [0.05, 0.1) is 17.5 Å². The molecule has 1 atom stereocenters. The molecule has 1 unspecified atom stereocenters. The maximum atomic E-state index is 12.8. The summed E-state index contributed by atoms with van der Waals surface area (Å²) < 4.78 is 5.26. The minimum atomic E-state index is -0.0275. The first-order valence-corrected chi connectivity index (χ1v) is 10.9. The summed E-state index contributed by atoms with van der Waals surface area (Å²) in [6.07, 6.45) is 8.87. The van der Waals surface area contributed by atoms with Gasteiger partial charge in [0, 0.05) is 33.3 Å². The van der Waals surface area contributed by atoms with Crippen LogP contribution in [0.15, 0.2) is 35.5 Å². The van der Waals surface area contributed by atoms with E-state index in [4.69, 9.17) is 4.98 Å². The van der Waals surface area contributed by atoms with Crippen molar-refractivity contribution in [2.45, 2.75) is 53.0 Å². The van der Waals surface area contributed by atoms with Crippen LogP contribution < -0.4 is 5.69 Å². The summed E-state index contributed by atoms with van der Waals surface area (Å²) in [5.41, 5.74) is 4.24. The van der Waals surface area contributed by atoms with Gasteiger partial charge in [0.25, 0.3) is 0 Å². The molecule has 0 amide bonds. The highest BCUT2D eigenvalue weighted by atomic mass is 16.1. The van der Waals surface area contributed by atoms with Crippen LogP contribution in [-0.2, 0) is 20.6 Å². The van der Waals surface area contributed by atoms with Crippen LogP contribution in [0.5, 0.6) is 0 Å². The van der Waals surface area contributed by atoms with E-state index in [1.807, 2.05) is 23.7 Å². The predicted molar refractivity (Wildman–Crippen MR) is 122 cm³/mol. The molecule has 3 heterocycles. The highest BCUT2D eigenvalue weighted by Gasteiger charge is 2.22. The lowest BCUT2D eigenvalue weighted by molar-refractivity contribution is 0.0954. The van der Waals surface area contributed by atoms with Crippen LogP contribution >= 0.6 is 0 Å². The Balaban J connectivity index is 1.52. The predicted octanol–water partition coefficient (Wildman–Crippen LogP) is 3.97. The zero-order chi connectivity index (χ0) is 22.3. The smallest absolute Gasteiger partial charge is 0.330 e. The standard InChI is InChI=1S/C24H31N5O2/c1-24(2,3)14-29-20-11-10-18(26-22(20)28(5)23(29)31)17-8-6-16(7-9-17)12-21(30)19-13-27(4)15-25-19/h8,10-11,13,15-16H,6-7,9,12,14H2,1-5H3. The van der Waals surface area contributed by atoms with Gasteiger partial charge >= 0.3 is 5.69 Å². The summed E-state index contributed by atoms with van der Waals surface area (Å²) >= 11 is 0. The molecule has 0 radical (unpaired) electrons. The van der Waals surface area contributed by atoms with Crippen LogP contribution in [0.25, 0.3) is 16.7 Å². The fraction of sp³-hybridized carbons (Fsp3) is 0.500. The Hall–Kier alpha value is -2.96. The summed E-state index contributed by atoms with van der Waals surface area (Å²) in [4.78, 5) is 34.2. The number of aromatic nitrogens is 5. The number of aryl methyl sites for hydroxylation is 2. The number of imidazole rings is 2. The second-order valence-electron chi connectivity index (χ2n) is 9.95. The molecule has 164 valence electrons. The first kappa shape index (κ1) is 21.3. The topological polar surface area (TPSA) is 74.7 Å². The van der Waals surface area contributed by atoms with Gasteiger partial charge in [-0.05, 0) is 48.3 Å². The fourth-order valence-corrected chi connectivity index (χ4v) is 4.31. The fourth-order valence-electron chi connectivity index (χ4n) is 4.31. The van der Waals surface area contributed by atoms with Crippen LogP contribution in [0.3, 0.4) is 0 Å². The van der Waals surface area contributed by atoms with Gasteiger partial charge in [-0.25, -0.2) is 14.8 Å². The molecule has 0 bridgehead atoms. The number of fused-ring (bicyclic) bond motifs is 1. The lowest BCUT2D eigenvalue weighted by Crippen LogP contribution is -2.27. The van der Waals surface area contributed by atoms with Crippen molar-refractivity contribution in [2.24, 2.45) is 25.4 Å². The van der Waals surface area contributed by atoms with Gasteiger partial charge < -0.3 is 4.57 Å². The molecular weight excluding hydrogens is 390 g/mol. The van der Waals surface area contributed by atoms with Gasteiger partial charge in [-0.2, -0.15) is 0 Å². The largest absolute Gasteiger partial charge is 0.340 e. The number of allylic oxidation sites excluding steroid dienone is 2. The number of Topliss-reactive ketones (excluding diaryl/α,β-unsaturated/α-hetero) is 1. The molecule has 31 heavy (non-hydrogen) atoms. The maximum absolute atomic E-state index is 12.8. The average Bonchev–Trinajstić information content (AvgIpc) is 3.25. The normalized spacial score (nSPS) is 17.2. The molecule has 4 rings (SSSR count). The SMILES string of the molecule is Cn1cnc(C(=O)CC2CC=C(c3ccc4c(n3)n(C)c(=O)n4CC(C)(C)C)CC2)c1. The van der Waals surface area contributed by atoms with Crippen LogP contribution in [0.4, 0.5) is 0 Å². The van der Waals surface area contributed by atoms with Crippen molar-refractivity contribution in [1.29, 1.82) is 0 Å². The highest BCUT2D eigenvalue weighted by Crippen LogP contribution is 2.32. The number of nitrogens with zero attached hydrogens (tertiary/aromatic N) is 5. The highest BCUT2D eigenvalue weighted by molar-refractivity contribution is 5.94. The Kier molecular flexibility index (Phi) is 5.45. The zero-order valence-electron chi connectivity index (χ0n) is 19.1. The second-order valence-corrected chi connectivity index (χ2v) is 9.95. The molecule has 7 nitrogen and oxygen atoms in total. The van der Waals surface area contributed by atoms with Gasteiger partial charge in [-0.1, -0.05) is 26.8 Å². The van der Waals surface area contributed by atoms with E-state index in [9.17, 15) is 9.59 Å². The lowest BCUT2D eigenvalue weighted by Gasteiger charge is -2.21. The van der Waals surface area contributed by atoms with Crippen LogP contribution in [0.2, 0.25) is 0 Å². The molecule has 1 aliphatic carbocycles. The van der Waals surface area contributed by atoms with Crippen molar-refractivity contribution in [3.8, 4) is 0 Å². The van der Waals surface area contributed by atoms with E-state index in [1.54, 1.807) is 28.7 Å². The second kappa shape index (κ2) is 7.94. The van der Waals surface area contributed by atoms with Crippen LogP contribution in [0.1, 0.15) is 62.6 Å². The molecule has 0 fully saturated rings. The first-order valence-electron chi connectivity index (χ1n) is 10.9. The molecule has 0 saturated carbocycles. The van der Waals surface area contributed by atoms with E-state index < -0.39 is 0 Å². The number of carbonyl (C=O) groups excluding carboxylic acids is 1. The molecule has 0 spiro atoms. The Morgan fingerprint density at radius 2 is 2.00 bits per heavy atom. The number of hydrogen-bond donors (Lipinski definition) is 0. The third kappa shape index (κ3) is 4.40. The minimum absolute atomic E-state index is 0.00436. The van der Waals surface area contributed by atoms with E-state index in [-0.39, 0.29) is 16.9 Å².